The first kappa shape index (κ1) is 25.7. The van der Waals surface area contributed by atoms with E-state index in [1.807, 2.05) is 38.8 Å². The molecule has 0 aromatic carbocycles. The maximum absolute atomic E-state index is 12.4. The highest BCUT2D eigenvalue weighted by Crippen LogP contribution is 2.19. The fraction of sp³-hybridized carbons (Fsp3) is 0.762. The molecule has 2 aliphatic rings. The van der Waals surface area contributed by atoms with Crippen LogP contribution in [0.2, 0.25) is 0 Å². The van der Waals surface area contributed by atoms with Crippen LogP contribution in [-0.2, 0) is 11.3 Å². The van der Waals surface area contributed by atoms with E-state index in [0.29, 0.717) is 5.92 Å². The SMILES string of the molecule is CN=C(NCC1CCCN(C(=O)OC(C)(C)C)C1)N1CCN(Cc2ccon2)CC1.I. The number of piperidine rings is 1. The highest BCUT2D eigenvalue weighted by Gasteiger charge is 2.28. The molecule has 0 radical (unpaired) electrons. The number of guanidine groups is 1. The molecule has 0 aliphatic carbocycles. The zero-order chi connectivity index (χ0) is 21.6. The van der Waals surface area contributed by atoms with E-state index >= 15 is 0 Å². The van der Waals surface area contributed by atoms with E-state index in [4.69, 9.17) is 9.26 Å². The zero-order valence-electron chi connectivity index (χ0n) is 19.2. The maximum Gasteiger partial charge on any atom is 0.410 e. The molecule has 2 aliphatic heterocycles. The second-order valence-electron chi connectivity index (χ2n) is 9.12. The Balaban J connectivity index is 0.00000341. The Kier molecular flexibility index (Phi) is 9.86. The number of hydrogen-bond acceptors (Lipinski definition) is 6. The average Bonchev–Trinajstić information content (AvgIpc) is 3.21. The molecule has 2 saturated heterocycles. The standard InChI is InChI=1S/C21H36N6O3.HI/c1-21(2,3)30-20(28)27-8-5-6-17(15-27)14-23-19(22-4)26-11-9-25(10-12-26)16-18-7-13-29-24-18;/h7,13,17H,5-6,8-12,14-16H2,1-4H3,(H,22,23);1H. The van der Waals surface area contributed by atoms with Crippen molar-refractivity contribution in [3.63, 3.8) is 0 Å². The zero-order valence-corrected chi connectivity index (χ0v) is 21.5. The van der Waals surface area contributed by atoms with E-state index in [1.165, 1.54) is 0 Å². The van der Waals surface area contributed by atoms with E-state index in [0.717, 1.165) is 76.9 Å². The van der Waals surface area contributed by atoms with Gasteiger partial charge in [0.25, 0.3) is 0 Å². The van der Waals surface area contributed by atoms with Crippen LogP contribution >= 0.6 is 24.0 Å². The molecule has 9 nitrogen and oxygen atoms in total. The lowest BCUT2D eigenvalue weighted by Crippen LogP contribution is -2.53. The van der Waals surface area contributed by atoms with Crippen LogP contribution in [0, 0.1) is 5.92 Å². The minimum atomic E-state index is -0.458. The molecule has 1 N–H and O–H groups in total. The van der Waals surface area contributed by atoms with Gasteiger partial charge in [-0.2, -0.15) is 0 Å². The number of ether oxygens (including phenoxy) is 1. The molecule has 0 spiro atoms. The lowest BCUT2D eigenvalue weighted by Gasteiger charge is -2.37. The fourth-order valence-corrected chi connectivity index (χ4v) is 3.96. The normalized spacial score (nSPS) is 20.9. The Morgan fingerprint density at radius 2 is 2.00 bits per heavy atom. The van der Waals surface area contributed by atoms with Gasteiger partial charge in [0.15, 0.2) is 5.96 Å². The summed E-state index contributed by atoms with van der Waals surface area (Å²) in [7, 11) is 1.83. The number of nitrogens with one attached hydrogen (secondary N) is 1. The maximum atomic E-state index is 12.4. The minimum Gasteiger partial charge on any atom is -0.444 e. The van der Waals surface area contributed by atoms with Gasteiger partial charge in [0.2, 0.25) is 0 Å². The van der Waals surface area contributed by atoms with Crippen LogP contribution in [0.25, 0.3) is 0 Å². The van der Waals surface area contributed by atoms with Crippen LogP contribution in [-0.4, -0.2) is 90.4 Å². The van der Waals surface area contributed by atoms with Crippen molar-refractivity contribution in [3.05, 3.63) is 18.0 Å². The van der Waals surface area contributed by atoms with Crippen molar-refractivity contribution in [1.29, 1.82) is 0 Å². The van der Waals surface area contributed by atoms with Crippen molar-refractivity contribution in [2.45, 2.75) is 45.8 Å². The smallest absolute Gasteiger partial charge is 0.410 e. The molecule has 0 bridgehead atoms. The third-order valence-corrected chi connectivity index (χ3v) is 5.48. The lowest BCUT2D eigenvalue weighted by atomic mass is 9.98. The average molecular weight is 548 g/mol. The monoisotopic (exact) mass is 548 g/mol. The third-order valence-electron chi connectivity index (χ3n) is 5.48. The summed E-state index contributed by atoms with van der Waals surface area (Å²) in [6.45, 7) is 12.6. The summed E-state index contributed by atoms with van der Waals surface area (Å²) >= 11 is 0. The van der Waals surface area contributed by atoms with Crippen LogP contribution in [0.3, 0.4) is 0 Å². The predicted molar refractivity (Wildman–Crippen MR) is 131 cm³/mol. The van der Waals surface area contributed by atoms with E-state index in [9.17, 15) is 4.79 Å². The Bertz CT molecular complexity index is 698. The molecule has 176 valence electrons. The highest BCUT2D eigenvalue weighted by molar-refractivity contribution is 14.0. The Hall–Kier alpha value is -1.56. The van der Waals surface area contributed by atoms with Crippen LogP contribution < -0.4 is 5.32 Å². The van der Waals surface area contributed by atoms with Gasteiger partial charge in [-0.3, -0.25) is 9.89 Å². The molecule has 1 unspecified atom stereocenters. The van der Waals surface area contributed by atoms with Crippen LogP contribution in [0.4, 0.5) is 4.79 Å². The predicted octanol–water partition coefficient (Wildman–Crippen LogP) is 2.63. The van der Waals surface area contributed by atoms with Crippen molar-refractivity contribution >= 4 is 36.0 Å². The third kappa shape index (κ3) is 8.13. The number of hydrogen-bond donors (Lipinski definition) is 1. The van der Waals surface area contributed by atoms with Gasteiger partial charge in [0.1, 0.15) is 11.9 Å². The summed E-state index contributed by atoms with van der Waals surface area (Å²) in [5.74, 6) is 1.34. The van der Waals surface area contributed by atoms with Crippen LogP contribution in [0.15, 0.2) is 21.8 Å². The first-order chi connectivity index (χ1) is 14.3. The van der Waals surface area contributed by atoms with Gasteiger partial charge in [-0.1, -0.05) is 5.16 Å². The number of carbonyl (C=O) groups is 1. The summed E-state index contributed by atoms with van der Waals surface area (Å²) in [6.07, 6.45) is 3.52. The van der Waals surface area contributed by atoms with Gasteiger partial charge in [0.05, 0.1) is 5.69 Å². The number of aromatic nitrogens is 1. The van der Waals surface area contributed by atoms with E-state index in [-0.39, 0.29) is 30.1 Å². The number of carbonyl (C=O) groups excluding carboxylic acids is 1. The number of aliphatic imine (C=N–C) groups is 1. The molecule has 1 aromatic heterocycles. The highest BCUT2D eigenvalue weighted by atomic mass is 127. The van der Waals surface area contributed by atoms with E-state index < -0.39 is 5.60 Å². The van der Waals surface area contributed by atoms with Crippen LogP contribution in [0.1, 0.15) is 39.3 Å². The first-order valence-electron chi connectivity index (χ1n) is 10.9. The lowest BCUT2D eigenvalue weighted by molar-refractivity contribution is 0.0168. The number of halogens is 1. The molecule has 1 amide bonds. The molecule has 1 atom stereocenters. The summed E-state index contributed by atoms with van der Waals surface area (Å²) < 4.78 is 10.5. The molecular weight excluding hydrogens is 511 g/mol. The van der Waals surface area contributed by atoms with Crippen molar-refractivity contribution in [1.82, 2.24) is 25.2 Å². The Labute approximate surface area is 202 Å². The van der Waals surface area contributed by atoms with Gasteiger partial charge in [-0.15, -0.1) is 24.0 Å². The molecule has 3 rings (SSSR count). The summed E-state index contributed by atoms with van der Waals surface area (Å²) in [5, 5.41) is 7.52. The summed E-state index contributed by atoms with van der Waals surface area (Å²) in [5.41, 5.74) is 0.512. The first-order valence-corrected chi connectivity index (χ1v) is 10.9. The summed E-state index contributed by atoms with van der Waals surface area (Å²) in [6, 6.07) is 1.91. The molecule has 3 heterocycles. The second-order valence-corrected chi connectivity index (χ2v) is 9.12. The molecule has 0 saturated carbocycles. The molecular formula is C21H37IN6O3. The van der Waals surface area contributed by atoms with Crippen molar-refractivity contribution in [2.24, 2.45) is 10.9 Å². The molecule has 10 heteroatoms. The van der Waals surface area contributed by atoms with Gasteiger partial charge in [0, 0.05) is 65.5 Å². The van der Waals surface area contributed by atoms with E-state index in [1.54, 1.807) is 6.26 Å². The number of rotatable bonds is 4. The van der Waals surface area contributed by atoms with Gasteiger partial charge in [-0.25, -0.2) is 4.79 Å². The quantitative estimate of drug-likeness (QED) is 0.352. The number of piperazine rings is 1. The molecule has 1 aromatic rings. The number of likely N-dealkylation sites (tertiary alicyclic amines) is 1. The topological polar surface area (TPSA) is 86.4 Å². The largest absolute Gasteiger partial charge is 0.444 e. The Morgan fingerprint density at radius 1 is 1.26 bits per heavy atom. The molecule has 2 fully saturated rings. The second kappa shape index (κ2) is 11.9. The van der Waals surface area contributed by atoms with Crippen molar-refractivity contribution < 1.29 is 14.1 Å². The van der Waals surface area contributed by atoms with Crippen molar-refractivity contribution in [2.75, 3.05) is 52.9 Å². The molecule has 31 heavy (non-hydrogen) atoms. The number of amides is 1. The van der Waals surface area contributed by atoms with Gasteiger partial charge < -0.3 is 24.4 Å². The van der Waals surface area contributed by atoms with Crippen molar-refractivity contribution in [3.8, 4) is 0 Å². The van der Waals surface area contributed by atoms with Gasteiger partial charge >= 0.3 is 6.09 Å². The Morgan fingerprint density at radius 3 is 2.61 bits per heavy atom. The summed E-state index contributed by atoms with van der Waals surface area (Å²) in [4.78, 5) is 23.4. The van der Waals surface area contributed by atoms with Gasteiger partial charge in [-0.05, 0) is 39.5 Å². The van der Waals surface area contributed by atoms with Crippen LogP contribution in [0.5, 0.6) is 0 Å². The number of nitrogens with zero attached hydrogens (tertiary/aromatic N) is 5. The fourth-order valence-electron chi connectivity index (χ4n) is 3.96. The van der Waals surface area contributed by atoms with E-state index in [2.05, 4.69) is 25.3 Å². The minimum absolute atomic E-state index is 0.